The first-order chi connectivity index (χ1) is 9.54. The highest BCUT2D eigenvalue weighted by molar-refractivity contribution is 5.53. The maximum atomic E-state index is 4.64. The van der Waals surface area contributed by atoms with Gasteiger partial charge < -0.3 is 5.32 Å². The Morgan fingerprint density at radius 2 is 1.80 bits per heavy atom. The molecule has 0 spiro atoms. The molecule has 2 aromatic rings. The number of rotatable bonds is 5. The molecule has 0 bridgehead atoms. The molecule has 0 saturated carbocycles. The molecule has 1 heterocycles. The lowest BCUT2D eigenvalue weighted by atomic mass is 10.0. The van der Waals surface area contributed by atoms with Crippen molar-refractivity contribution in [2.24, 2.45) is 0 Å². The molecule has 108 valence electrons. The third-order valence-electron chi connectivity index (χ3n) is 3.74. The van der Waals surface area contributed by atoms with Gasteiger partial charge in [-0.25, -0.2) is 0 Å². The molecule has 0 saturated heterocycles. The zero-order valence-corrected chi connectivity index (χ0v) is 13.1. The van der Waals surface area contributed by atoms with E-state index in [2.05, 4.69) is 80.0 Å². The molecule has 1 unspecified atom stereocenters. The highest BCUT2D eigenvalue weighted by Crippen LogP contribution is 2.28. The standard InChI is InChI=1S/C17H25N3/c1-6-16(15-10-8-7-9-11-15)18-17-13(4)19-20(12(2)3)14(17)5/h7-12,16,18H,6H2,1-5H3. The van der Waals surface area contributed by atoms with E-state index in [1.807, 2.05) is 0 Å². The molecule has 1 aromatic carbocycles. The number of hydrogen-bond acceptors (Lipinski definition) is 2. The Morgan fingerprint density at radius 3 is 2.30 bits per heavy atom. The van der Waals surface area contributed by atoms with Gasteiger partial charge >= 0.3 is 0 Å². The molecule has 1 aromatic heterocycles. The van der Waals surface area contributed by atoms with Gasteiger partial charge in [-0.05, 0) is 39.7 Å². The highest BCUT2D eigenvalue weighted by Gasteiger charge is 2.17. The van der Waals surface area contributed by atoms with Gasteiger partial charge in [0.2, 0.25) is 0 Å². The quantitative estimate of drug-likeness (QED) is 0.858. The van der Waals surface area contributed by atoms with Crippen molar-refractivity contribution in [1.82, 2.24) is 9.78 Å². The lowest BCUT2D eigenvalue weighted by Crippen LogP contribution is -2.11. The summed E-state index contributed by atoms with van der Waals surface area (Å²) in [5, 5.41) is 8.32. The topological polar surface area (TPSA) is 29.9 Å². The minimum atomic E-state index is 0.332. The summed E-state index contributed by atoms with van der Waals surface area (Å²) in [6.07, 6.45) is 1.05. The van der Waals surface area contributed by atoms with Gasteiger partial charge in [0.1, 0.15) is 0 Å². The Hall–Kier alpha value is -1.77. The average molecular weight is 271 g/mol. The van der Waals surface area contributed by atoms with E-state index in [0.29, 0.717) is 12.1 Å². The molecule has 0 amide bonds. The van der Waals surface area contributed by atoms with Crippen LogP contribution >= 0.6 is 0 Å². The van der Waals surface area contributed by atoms with Gasteiger partial charge in [0.15, 0.2) is 0 Å². The lowest BCUT2D eigenvalue weighted by molar-refractivity contribution is 0.516. The molecular formula is C17H25N3. The van der Waals surface area contributed by atoms with Crippen LogP contribution in [0, 0.1) is 13.8 Å². The van der Waals surface area contributed by atoms with Crippen molar-refractivity contribution in [3.05, 3.63) is 47.3 Å². The fourth-order valence-corrected chi connectivity index (χ4v) is 2.66. The number of anilines is 1. The number of aryl methyl sites for hydroxylation is 1. The van der Waals surface area contributed by atoms with Gasteiger partial charge in [-0.2, -0.15) is 5.10 Å². The van der Waals surface area contributed by atoms with Crippen LogP contribution in [-0.2, 0) is 0 Å². The molecule has 0 aliphatic rings. The van der Waals surface area contributed by atoms with Gasteiger partial charge in [-0.15, -0.1) is 0 Å². The fraction of sp³-hybridized carbons (Fsp3) is 0.471. The van der Waals surface area contributed by atoms with Crippen molar-refractivity contribution in [2.75, 3.05) is 5.32 Å². The largest absolute Gasteiger partial charge is 0.375 e. The summed E-state index contributed by atoms with van der Waals surface area (Å²) in [6, 6.07) is 11.3. The third kappa shape index (κ3) is 2.87. The Balaban J connectivity index is 2.29. The van der Waals surface area contributed by atoms with Gasteiger partial charge in [-0.1, -0.05) is 37.3 Å². The second-order valence-electron chi connectivity index (χ2n) is 5.60. The van der Waals surface area contributed by atoms with E-state index in [9.17, 15) is 0 Å². The monoisotopic (exact) mass is 271 g/mol. The van der Waals surface area contributed by atoms with Gasteiger partial charge in [0.05, 0.1) is 23.1 Å². The summed E-state index contributed by atoms with van der Waals surface area (Å²) < 4.78 is 2.09. The molecule has 1 N–H and O–H groups in total. The van der Waals surface area contributed by atoms with E-state index in [1.165, 1.54) is 16.9 Å². The number of nitrogens with zero attached hydrogens (tertiary/aromatic N) is 2. The molecule has 0 aliphatic heterocycles. The van der Waals surface area contributed by atoms with E-state index in [1.54, 1.807) is 0 Å². The Kier molecular flexibility index (Phi) is 4.48. The van der Waals surface area contributed by atoms with Crippen LogP contribution in [0.4, 0.5) is 5.69 Å². The van der Waals surface area contributed by atoms with E-state index >= 15 is 0 Å². The molecule has 3 nitrogen and oxygen atoms in total. The first-order valence-electron chi connectivity index (χ1n) is 7.41. The zero-order chi connectivity index (χ0) is 14.7. The van der Waals surface area contributed by atoms with Gasteiger partial charge in [0.25, 0.3) is 0 Å². The van der Waals surface area contributed by atoms with E-state index in [-0.39, 0.29) is 0 Å². The SMILES string of the molecule is CCC(Nc1c(C)nn(C(C)C)c1C)c1ccccc1. The molecule has 0 aliphatic carbocycles. The Morgan fingerprint density at radius 1 is 1.15 bits per heavy atom. The molecule has 2 rings (SSSR count). The highest BCUT2D eigenvalue weighted by atomic mass is 15.3. The molecule has 3 heteroatoms. The van der Waals surface area contributed by atoms with Gasteiger partial charge in [-0.3, -0.25) is 4.68 Å². The Bertz CT molecular complexity index is 555. The lowest BCUT2D eigenvalue weighted by Gasteiger charge is -2.19. The van der Waals surface area contributed by atoms with Crippen molar-refractivity contribution in [3.8, 4) is 0 Å². The van der Waals surface area contributed by atoms with Crippen molar-refractivity contribution < 1.29 is 0 Å². The van der Waals surface area contributed by atoms with E-state index in [0.717, 1.165) is 12.1 Å². The summed E-state index contributed by atoms with van der Waals surface area (Å²) in [5.74, 6) is 0. The summed E-state index contributed by atoms with van der Waals surface area (Å²) in [7, 11) is 0. The first-order valence-corrected chi connectivity index (χ1v) is 7.41. The van der Waals surface area contributed by atoms with Crippen LogP contribution in [0.5, 0.6) is 0 Å². The predicted octanol–water partition coefficient (Wildman–Crippen LogP) is 4.64. The maximum Gasteiger partial charge on any atom is 0.0828 e. The smallest absolute Gasteiger partial charge is 0.0828 e. The number of hydrogen-bond donors (Lipinski definition) is 1. The summed E-state index contributed by atoms with van der Waals surface area (Å²) in [6.45, 7) is 10.8. The normalized spacial score (nSPS) is 12.7. The van der Waals surface area contributed by atoms with E-state index in [4.69, 9.17) is 0 Å². The summed E-state index contributed by atoms with van der Waals surface area (Å²) >= 11 is 0. The van der Waals surface area contributed by atoms with Crippen LogP contribution < -0.4 is 5.32 Å². The third-order valence-corrected chi connectivity index (χ3v) is 3.74. The fourth-order valence-electron chi connectivity index (χ4n) is 2.66. The molecule has 0 fully saturated rings. The Labute approximate surface area is 122 Å². The predicted molar refractivity (Wildman–Crippen MR) is 85.2 cm³/mol. The molecular weight excluding hydrogens is 246 g/mol. The van der Waals surface area contributed by atoms with Crippen molar-refractivity contribution in [2.45, 2.75) is 53.1 Å². The molecule has 20 heavy (non-hydrogen) atoms. The zero-order valence-electron chi connectivity index (χ0n) is 13.1. The van der Waals surface area contributed by atoms with Crippen LogP contribution in [0.25, 0.3) is 0 Å². The maximum absolute atomic E-state index is 4.64. The minimum absolute atomic E-state index is 0.332. The van der Waals surface area contributed by atoms with E-state index < -0.39 is 0 Å². The number of nitrogens with one attached hydrogen (secondary N) is 1. The van der Waals surface area contributed by atoms with Crippen LogP contribution in [-0.4, -0.2) is 9.78 Å². The van der Waals surface area contributed by atoms with Crippen LogP contribution in [0.15, 0.2) is 30.3 Å². The first kappa shape index (κ1) is 14.6. The molecule has 1 atom stereocenters. The van der Waals surface area contributed by atoms with Crippen molar-refractivity contribution in [1.29, 1.82) is 0 Å². The van der Waals surface area contributed by atoms with Crippen molar-refractivity contribution in [3.63, 3.8) is 0 Å². The second kappa shape index (κ2) is 6.12. The summed E-state index contributed by atoms with van der Waals surface area (Å²) in [5.41, 5.74) is 4.79. The van der Waals surface area contributed by atoms with Crippen LogP contribution in [0.1, 0.15) is 56.2 Å². The van der Waals surface area contributed by atoms with Gasteiger partial charge in [0, 0.05) is 6.04 Å². The molecule has 0 radical (unpaired) electrons. The second-order valence-corrected chi connectivity index (χ2v) is 5.60. The number of aromatic nitrogens is 2. The van der Waals surface area contributed by atoms with Crippen LogP contribution in [0.2, 0.25) is 0 Å². The summed E-state index contributed by atoms with van der Waals surface area (Å²) in [4.78, 5) is 0. The average Bonchev–Trinajstić information content (AvgIpc) is 2.73. The minimum Gasteiger partial charge on any atom is -0.375 e. The van der Waals surface area contributed by atoms with Crippen molar-refractivity contribution >= 4 is 5.69 Å². The van der Waals surface area contributed by atoms with Crippen LogP contribution in [0.3, 0.4) is 0 Å². The number of benzene rings is 1.